The second-order valence-electron chi connectivity index (χ2n) is 3.83. The van der Waals surface area contributed by atoms with Crippen LogP contribution >= 0.6 is 0 Å². The number of nitrogens with zero attached hydrogens (tertiary/aromatic N) is 2. The van der Waals surface area contributed by atoms with E-state index in [1.165, 1.54) is 30.3 Å². The summed E-state index contributed by atoms with van der Waals surface area (Å²) in [5.41, 5.74) is -1.28. The second kappa shape index (κ2) is 6.02. The van der Waals surface area contributed by atoms with Crippen molar-refractivity contribution in [3.05, 3.63) is 57.2 Å². The molecule has 0 atom stereocenters. The van der Waals surface area contributed by atoms with Crippen LogP contribution in [0.2, 0.25) is 0 Å². The van der Waals surface area contributed by atoms with Crippen molar-refractivity contribution in [3.8, 4) is 6.07 Å². The zero-order chi connectivity index (χ0) is 15.3. The quantitative estimate of drug-likeness (QED) is 0.364. The van der Waals surface area contributed by atoms with Gasteiger partial charge in [-0.05, 0) is 30.7 Å². The Labute approximate surface area is 112 Å². The molecular weight excluding hydrogens is 273 g/mol. The average Bonchev–Trinajstić information content (AvgIpc) is 2.37. The van der Waals surface area contributed by atoms with E-state index in [2.05, 4.69) is 0 Å². The Morgan fingerprint density at radius 1 is 1.35 bits per heavy atom. The van der Waals surface area contributed by atoms with Gasteiger partial charge in [0, 0.05) is 17.7 Å². The summed E-state index contributed by atoms with van der Waals surface area (Å²) < 4.78 is 38.0. The fourth-order valence-corrected chi connectivity index (χ4v) is 1.38. The normalized spacial score (nSPS) is 12.9. The van der Waals surface area contributed by atoms with E-state index >= 15 is 0 Å². The Balaban J connectivity index is 3.07. The third-order valence-corrected chi connectivity index (χ3v) is 2.42. The summed E-state index contributed by atoms with van der Waals surface area (Å²) in [6.45, 7) is 1.07. The van der Waals surface area contributed by atoms with E-state index in [0.717, 1.165) is 19.1 Å². The lowest BCUT2D eigenvalue weighted by Gasteiger charge is -2.08. The van der Waals surface area contributed by atoms with Crippen molar-refractivity contribution in [2.75, 3.05) is 0 Å². The SMILES string of the molecule is C/C(C#N)=C(\C=C\c1ccc([N+](=O)[O-])cc1)C(F)(F)F. The molecule has 0 aliphatic carbocycles. The second-order valence-corrected chi connectivity index (χ2v) is 3.83. The first-order chi connectivity index (χ1) is 9.25. The number of nitro groups is 1. The van der Waals surface area contributed by atoms with Crippen LogP contribution in [0.3, 0.4) is 0 Å². The lowest BCUT2D eigenvalue weighted by atomic mass is 10.1. The van der Waals surface area contributed by atoms with Crippen molar-refractivity contribution < 1.29 is 18.1 Å². The Hall–Kier alpha value is -2.62. The van der Waals surface area contributed by atoms with Crippen molar-refractivity contribution >= 4 is 11.8 Å². The highest BCUT2D eigenvalue weighted by Crippen LogP contribution is 2.29. The molecule has 1 aromatic carbocycles. The van der Waals surface area contributed by atoms with E-state index < -0.39 is 22.2 Å². The zero-order valence-electron chi connectivity index (χ0n) is 10.3. The highest BCUT2D eigenvalue weighted by atomic mass is 19.4. The van der Waals surface area contributed by atoms with Crippen LogP contribution in [-0.2, 0) is 0 Å². The van der Waals surface area contributed by atoms with Crippen LogP contribution in [-0.4, -0.2) is 11.1 Å². The molecule has 104 valence electrons. The molecule has 1 rings (SSSR count). The first-order valence-corrected chi connectivity index (χ1v) is 5.36. The topological polar surface area (TPSA) is 66.9 Å². The number of hydrogen-bond acceptors (Lipinski definition) is 3. The van der Waals surface area contributed by atoms with Crippen LogP contribution in [0.4, 0.5) is 18.9 Å². The van der Waals surface area contributed by atoms with E-state index in [4.69, 9.17) is 5.26 Å². The molecule has 1 aromatic rings. The summed E-state index contributed by atoms with van der Waals surface area (Å²) in [5, 5.41) is 19.0. The van der Waals surface area contributed by atoms with Crippen molar-refractivity contribution in [2.24, 2.45) is 0 Å². The van der Waals surface area contributed by atoms with Gasteiger partial charge in [-0.2, -0.15) is 18.4 Å². The van der Waals surface area contributed by atoms with Crippen LogP contribution in [0, 0.1) is 21.4 Å². The van der Waals surface area contributed by atoms with Crippen LogP contribution < -0.4 is 0 Å². The van der Waals surface area contributed by atoms with E-state index in [9.17, 15) is 23.3 Å². The van der Waals surface area contributed by atoms with Crippen LogP contribution in [0.1, 0.15) is 12.5 Å². The number of nitro benzene ring substituents is 1. The Morgan fingerprint density at radius 3 is 2.30 bits per heavy atom. The summed E-state index contributed by atoms with van der Waals surface area (Å²) in [6, 6.07) is 6.48. The summed E-state index contributed by atoms with van der Waals surface area (Å²) >= 11 is 0. The Kier molecular flexibility index (Phi) is 4.64. The molecule has 0 radical (unpaired) electrons. The molecule has 0 saturated heterocycles. The molecule has 0 unspecified atom stereocenters. The van der Waals surface area contributed by atoms with Gasteiger partial charge in [-0.25, -0.2) is 0 Å². The molecule has 0 bridgehead atoms. The molecule has 0 aliphatic rings. The number of alkyl halides is 3. The maximum absolute atomic E-state index is 12.7. The van der Waals surface area contributed by atoms with Crippen molar-refractivity contribution in [2.45, 2.75) is 13.1 Å². The number of benzene rings is 1. The van der Waals surface area contributed by atoms with Gasteiger partial charge in [0.15, 0.2) is 0 Å². The lowest BCUT2D eigenvalue weighted by Crippen LogP contribution is -2.11. The predicted molar refractivity (Wildman–Crippen MR) is 66.5 cm³/mol. The number of allylic oxidation sites excluding steroid dienone is 3. The van der Waals surface area contributed by atoms with E-state index in [-0.39, 0.29) is 5.69 Å². The molecule has 20 heavy (non-hydrogen) atoms. The molecule has 7 heteroatoms. The van der Waals surface area contributed by atoms with Crippen molar-refractivity contribution in [1.29, 1.82) is 5.26 Å². The monoisotopic (exact) mass is 282 g/mol. The minimum Gasteiger partial charge on any atom is -0.258 e. The maximum Gasteiger partial charge on any atom is 0.417 e. The molecule has 0 amide bonds. The van der Waals surface area contributed by atoms with Gasteiger partial charge in [0.1, 0.15) is 0 Å². The first-order valence-electron chi connectivity index (χ1n) is 5.36. The molecule has 0 aliphatic heterocycles. The minimum absolute atomic E-state index is 0.151. The zero-order valence-corrected chi connectivity index (χ0v) is 10.3. The average molecular weight is 282 g/mol. The Bertz CT molecular complexity index is 608. The molecule has 0 fully saturated rings. The third kappa shape index (κ3) is 3.95. The highest BCUT2D eigenvalue weighted by Gasteiger charge is 2.33. The van der Waals surface area contributed by atoms with Gasteiger partial charge < -0.3 is 0 Å². The predicted octanol–water partition coefficient (Wildman–Crippen LogP) is 4.01. The molecule has 0 N–H and O–H groups in total. The van der Waals surface area contributed by atoms with E-state index in [0.29, 0.717) is 5.56 Å². The first kappa shape index (κ1) is 15.4. The summed E-state index contributed by atoms with van der Waals surface area (Å²) in [4.78, 5) is 9.83. The van der Waals surface area contributed by atoms with Crippen LogP contribution in [0.25, 0.3) is 6.08 Å². The standard InChI is InChI=1S/C13H9F3N2O2/c1-9(8-17)12(13(14,15)16)7-4-10-2-5-11(6-3-10)18(19)20/h2-7H,1H3/b7-4+,12-9-. The summed E-state index contributed by atoms with van der Waals surface area (Å²) in [7, 11) is 0. The molecule has 4 nitrogen and oxygen atoms in total. The molecule has 0 spiro atoms. The van der Waals surface area contributed by atoms with Crippen molar-refractivity contribution in [3.63, 3.8) is 0 Å². The summed E-state index contributed by atoms with van der Waals surface area (Å²) in [6.07, 6.45) is -2.70. The van der Waals surface area contributed by atoms with Gasteiger partial charge >= 0.3 is 6.18 Å². The number of hydrogen-bond donors (Lipinski definition) is 0. The minimum atomic E-state index is -4.63. The van der Waals surface area contributed by atoms with E-state index in [1.807, 2.05) is 0 Å². The highest BCUT2D eigenvalue weighted by molar-refractivity contribution is 5.56. The van der Waals surface area contributed by atoms with Crippen molar-refractivity contribution in [1.82, 2.24) is 0 Å². The van der Waals surface area contributed by atoms with Crippen LogP contribution in [0.15, 0.2) is 41.5 Å². The largest absolute Gasteiger partial charge is 0.417 e. The maximum atomic E-state index is 12.7. The summed E-state index contributed by atoms with van der Waals surface area (Å²) in [5.74, 6) is 0. The molecular formula is C13H9F3N2O2. The number of rotatable bonds is 3. The Morgan fingerprint density at radius 2 is 1.90 bits per heavy atom. The van der Waals surface area contributed by atoms with Crippen LogP contribution in [0.5, 0.6) is 0 Å². The number of nitriles is 1. The van der Waals surface area contributed by atoms with Gasteiger partial charge in [-0.15, -0.1) is 0 Å². The fraction of sp³-hybridized carbons (Fsp3) is 0.154. The smallest absolute Gasteiger partial charge is 0.258 e. The molecule has 0 aromatic heterocycles. The third-order valence-electron chi connectivity index (χ3n) is 2.42. The van der Waals surface area contributed by atoms with Gasteiger partial charge in [0.05, 0.1) is 16.6 Å². The number of halogens is 3. The van der Waals surface area contributed by atoms with E-state index in [1.54, 1.807) is 0 Å². The van der Waals surface area contributed by atoms with Gasteiger partial charge in [0.2, 0.25) is 0 Å². The number of non-ortho nitro benzene ring substituents is 1. The van der Waals surface area contributed by atoms with Gasteiger partial charge in [-0.1, -0.05) is 6.08 Å². The van der Waals surface area contributed by atoms with Gasteiger partial charge in [-0.3, -0.25) is 10.1 Å². The lowest BCUT2D eigenvalue weighted by molar-refractivity contribution is -0.384. The molecule has 0 saturated carbocycles. The van der Waals surface area contributed by atoms with Gasteiger partial charge in [0.25, 0.3) is 5.69 Å². The fourth-order valence-electron chi connectivity index (χ4n) is 1.38. The molecule has 0 heterocycles.